The smallest absolute Gasteiger partial charge is 0.350 e. The number of carbonyl (C=O) groups is 1. The molecule has 0 atom stereocenters. The maximum atomic E-state index is 13.5. The minimum Gasteiger partial charge on any atom is -0.456 e. The number of nitriles is 1. The van der Waals surface area contributed by atoms with E-state index in [1.807, 2.05) is 6.07 Å². The van der Waals surface area contributed by atoms with Crippen molar-refractivity contribution >= 4 is 23.0 Å². The number of anilines is 1. The van der Waals surface area contributed by atoms with E-state index in [1.54, 1.807) is 11.4 Å². The fourth-order valence-corrected chi connectivity index (χ4v) is 2.16. The van der Waals surface area contributed by atoms with Crippen LogP contribution in [0.3, 0.4) is 0 Å². The van der Waals surface area contributed by atoms with Crippen LogP contribution in [0.2, 0.25) is 0 Å². The molecule has 96 valence electrons. The Hall–Kier alpha value is -2.39. The maximum absolute atomic E-state index is 13.5. The van der Waals surface area contributed by atoms with Gasteiger partial charge in [0.25, 0.3) is 0 Å². The van der Waals surface area contributed by atoms with Crippen molar-refractivity contribution in [3.63, 3.8) is 0 Å². The van der Waals surface area contributed by atoms with E-state index in [1.165, 1.54) is 18.2 Å². The van der Waals surface area contributed by atoms with Gasteiger partial charge in [-0.3, -0.25) is 0 Å². The zero-order chi connectivity index (χ0) is 13.8. The molecule has 0 saturated heterocycles. The highest BCUT2D eigenvalue weighted by Gasteiger charge is 2.14. The SMILES string of the molecule is N#Cc1ccc(F)c(COC(=O)c2sccc2N)c1. The molecule has 2 rings (SSSR count). The quantitative estimate of drug-likeness (QED) is 0.874. The Morgan fingerprint density at radius 1 is 1.47 bits per heavy atom. The number of nitrogens with zero attached hydrogens (tertiary/aromatic N) is 1. The number of halogens is 1. The number of hydrogen-bond acceptors (Lipinski definition) is 5. The van der Waals surface area contributed by atoms with Crippen LogP contribution in [0, 0.1) is 17.1 Å². The van der Waals surface area contributed by atoms with Crippen LogP contribution in [0.5, 0.6) is 0 Å². The number of nitrogens with two attached hydrogens (primary N) is 1. The van der Waals surface area contributed by atoms with E-state index >= 15 is 0 Å². The molecule has 0 spiro atoms. The van der Waals surface area contributed by atoms with E-state index in [9.17, 15) is 9.18 Å². The Morgan fingerprint density at radius 2 is 2.26 bits per heavy atom. The van der Waals surface area contributed by atoms with E-state index in [-0.39, 0.29) is 17.0 Å². The Morgan fingerprint density at radius 3 is 2.89 bits per heavy atom. The highest BCUT2D eigenvalue weighted by atomic mass is 32.1. The van der Waals surface area contributed by atoms with Crippen molar-refractivity contribution in [1.82, 2.24) is 0 Å². The molecule has 1 heterocycles. The van der Waals surface area contributed by atoms with Crippen molar-refractivity contribution in [2.75, 3.05) is 5.73 Å². The molecule has 6 heteroatoms. The van der Waals surface area contributed by atoms with Crippen molar-refractivity contribution < 1.29 is 13.9 Å². The van der Waals surface area contributed by atoms with Crippen molar-refractivity contribution in [3.8, 4) is 6.07 Å². The van der Waals surface area contributed by atoms with E-state index in [4.69, 9.17) is 15.7 Å². The first kappa shape index (κ1) is 13.1. The molecule has 19 heavy (non-hydrogen) atoms. The number of benzene rings is 1. The van der Waals surface area contributed by atoms with Gasteiger partial charge in [0.05, 0.1) is 17.3 Å². The van der Waals surface area contributed by atoms with Gasteiger partial charge in [-0.05, 0) is 29.6 Å². The second kappa shape index (κ2) is 5.50. The summed E-state index contributed by atoms with van der Waals surface area (Å²) in [5, 5.41) is 10.4. The Labute approximate surface area is 112 Å². The molecule has 0 fully saturated rings. The van der Waals surface area contributed by atoms with Gasteiger partial charge in [0.1, 0.15) is 17.3 Å². The standard InChI is InChI=1S/C13H9FN2O2S/c14-10-2-1-8(6-15)5-9(10)7-18-13(17)12-11(16)3-4-19-12/h1-5H,7,16H2. The summed E-state index contributed by atoms with van der Waals surface area (Å²) in [6.45, 7) is -0.239. The van der Waals surface area contributed by atoms with Gasteiger partial charge >= 0.3 is 5.97 Å². The number of carbonyl (C=O) groups excluding carboxylic acids is 1. The van der Waals surface area contributed by atoms with Gasteiger partial charge in [-0.25, -0.2) is 9.18 Å². The molecule has 0 amide bonds. The largest absolute Gasteiger partial charge is 0.456 e. The third-order valence-electron chi connectivity index (χ3n) is 2.41. The molecule has 1 aromatic heterocycles. The third-order valence-corrected chi connectivity index (χ3v) is 3.32. The average molecular weight is 276 g/mol. The van der Waals surface area contributed by atoms with E-state index in [0.717, 1.165) is 11.3 Å². The summed E-state index contributed by atoms with van der Waals surface area (Å²) < 4.78 is 18.4. The van der Waals surface area contributed by atoms with Gasteiger partial charge < -0.3 is 10.5 Å². The topological polar surface area (TPSA) is 76.1 Å². The van der Waals surface area contributed by atoms with Crippen LogP contribution in [0.15, 0.2) is 29.6 Å². The normalized spacial score (nSPS) is 9.89. The first-order valence-electron chi connectivity index (χ1n) is 5.30. The lowest BCUT2D eigenvalue weighted by Crippen LogP contribution is -2.06. The third kappa shape index (κ3) is 2.89. The first-order chi connectivity index (χ1) is 9.11. The number of esters is 1. The van der Waals surface area contributed by atoms with Crippen LogP contribution in [-0.4, -0.2) is 5.97 Å². The predicted molar refractivity (Wildman–Crippen MR) is 69.0 cm³/mol. The molecule has 0 aliphatic carbocycles. The number of nitrogen functional groups attached to an aromatic ring is 1. The Balaban J connectivity index is 2.09. The summed E-state index contributed by atoms with van der Waals surface area (Å²) in [5.41, 5.74) is 6.38. The molecule has 2 aromatic rings. The molecule has 1 aromatic carbocycles. The summed E-state index contributed by atoms with van der Waals surface area (Å²) in [6, 6.07) is 7.36. The minimum atomic E-state index is -0.603. The van der Waals surface area contributed by atoms with Gasteiger partial charge in [-0.1, -0.05) is 0 Å². The predicted octanol–water partition coefficient (Wildman–Crippen LogP) is 2.70. The fourth-order valence-electron chi connectivity index (χ4n) is 1.45. The zero-order valence-corrected chi connectivity index (χ0v) is 10.5. The molecular formula is C13H9FN2O2S. The fraction of sp³-hybridized carbons (Fsp3) is 0.0769. The zero-order valence-electron chi connectivity index (χ0n) is 9.72. The van der Waals surface area contributed by atoms with E-state index in [0.29, 0.717) is 11.3 Å². The molecule has 0 aliphatic rings. The van der Waals surface area contributed by atoms with Crippen molar-refractivity contribution in [3.05, 3.63) is 51.5 Å². The van der Waals surface area contributed by atoms with Gasteiger partial charge in [-0.2, -0.15) is 5.26 Å². The van der Waals surface area contributed by atoms with Crippen LogP contribution >= 0.6 is 11.3 Å². The molecular weight excluding hydrogens is 267 g/mol. The second-order valence-electron chi connectivity index (χ2n) is 3.70. The van der Waals surface area contributed by atoms with E-state index in [2.05, 4.69) is 0 Å². The van der Waals surface area contributed by atoms with Gasteiger partial charge in [0, 0.05) is 5.56 Å². The summed E-state index contributed by atoms with van der Waals surface area (Å²) in [4.78, 5) is 12.0. The lowest BCUT2D eigenvalue weighted by molar-refractivity contribution is 0.0476. The lowest BCUT2D eigenvalue weighted by Gasteiger charge is -2.05. The van der Waals surface area contributed by atoms with Crippen LogP contribution in [0.25, 0.3) is 0 Å². The second-order valence-corrected chi connectivity index (χ2v) is 4.62. The van der Waals surface area contributed by atoms with Crippen LogP contribution in [0.1, 0.15) is 20.8 Å². The van der Waals surface area contributed by atoms with Crippen molar-refractivity contribution in [2.24, 2.45) is 0 Å². The molecule has 4 nitrogen and oxygen atoms in total. The summed E-state index contributed by atoms with van der Waals surface area (Å²) >= 11 is 1.16. The summed E-state index contributed by atoms with van der Waals surface area (Å²) in [6.07, 6.45) is 0. The molecule has 0 aliphatic heterocycles. The molecule has 0 unspecified atom stereocenters. The first-order valence-corrected chi connectivity index (χ1v) is 6.18. The highest BCUT2D eigenvalue weighted by molar-refractivity contribution is 7.12. The average Bonchev–Trinajstić information content (AvgIpc) is 2.84. The summed E-state index contributed by atoms with van der Waals surface area (Å²) in [7, 11) is 0. The Bertz CT molecular complexity index is 661. The van der Waals surface area contributed by atoms with Gasteiger partial charge in [-0.15, -0.1) is 11.3 Å². The van der Waals surface area contributed by atoms with Crippen molar-refractivity contribution in [1.29, 1.82) is 5.26 Å². The van der Waals surface area contributed by atoms with Crippen LogP contribution < -0.4 is 5.73 Å². The Kier molecular flexibility index (Phi) is 3.78. The lowest BCUT2D eigenvalue weighted by atomic mass is 10.1. The van der Waals surface area contributed by atoms with Crippen LogP contribution in [0.4, 0.5) is 10.1 Å². The highest BCUT2D eigenvalue weighted by Crippen LogP contribution is 2.20. The minimum absolute atomic E-state index is 0.155. The van der Waals surface area contributed by atoms with Gasteiger partial charge in [0.15, 0.2) is 0 Å². The maximum Gasteiger partial charge on any atom is 0.350 e. The number of ether oxygens (including phenoxy) is 1. The number of rotatable bonds is 3. The number of thiophene rings is 1. The van der Waals surface area contributed by atoms with Crippen LogP contribution in [-0.2, 0) is 11.3 Å². The molecule has 0 radical (unpaired) electrons. The molecule has 0 saturated carbocycles. The van der Waals surface area contributed by atoms with E-state index < -0.39 is 11.8 Å². The van der Waals surface area contributed by atoms with Gasteiger partial charge in [0.2, 0.25) is 0 Å². The van der Waals surface area contributed by atoms with Crippen molar-refractivity contribution in [2.45, 2.75) is 6.61 Å². The molecule has 0 bridgehead atoms. The summed E-state index contributed by atoms with van der Waals surface area (Å²) in [5.74, 6) is -1.12. The molecule has 2 N–H and O–H groups in total. The monoisotopic (exact) mass is 276 g/mol. The number of hydrogen-bond donors (Lipinski definition) is 1.